The van der Waals surface area contributed by atoms with Crippen LogP contribution in [0.5, 0.6) is 0 Å². The smallest absolute Gasteiger partial charge is 0.248 e. The molecule has 1 fully saturated rings. The molecule has 3 nitrogen and oxygen atoms in total. The molecule has 0 atom stereocenters. The lowest BCUT2D eigenvalue weighted by Crippen LogP contribution is -2.34. The zero-order valence-electron chi connectivity index (χ0n) is 12.4. The molecule has 4 rings (SSSR count). The van der Waals surface area contributed by atoms with Crippen molar-refractivity contribution in [3.8, 4) is 0 Å². The average molecular weight is 290 g/mol. The fourth-order valence-corrected chi connectivity index (χ4v) is 2.96. The van der Waals surface area contributed by atoms with Gasteiger partial charge in [-0.3, -0.25) is 9.79 Å². The van der Waals surface area contributed by atoms with Gasteiger partial charge >= 0.3 is 0 Å². The molecule has 0 unspecified atom stereocenters. The van der Waals surface area contributed by atoms with Gasteiger partial charge in [-0.25, -0.2) is 0 Å². The van der Waals surface area contributed by atoms with Crippen LogP contribution in [0.4, 0.5) is 5.69 Å². The Labute approximate surface area is 130 Å². The lowest BCUT2D eigenvalue weighted by Gasteiger charge is -2.23. The minimum absolute atomic E-state index is 0.102. The fourth-order valence-electron chi connectivity index (χ4n) is 2.96. The number of hydrogen-bond acceptors (Lipinski definition) is 2. The van der Waals surface area contributed by atoms with Crippen LogP contribution < -0.4 is 4.90 Å². The van der Waals surface area contributed by atoms with Gasteiger partial charge in [0.1, 0.15) is 6.54 Å². The topological polar surface area (TPSA) is 32.7 Å². The van der Waals surface area contributed by atoms with Crippen molar-refractivity contribution in [1.29, 1.82) is 0 Å². The molecule has 22 heavy (non-hydrogen) atoms. The first kappa shape index (κ1) is 13.3. The molecule has 0 saturated heterocycles. The van der Waals surface area contributed by atoms with Crippen molar-refractivity contribution in [2.45, 2.75) is 12.8 Å². The molecule has 0 radical (unpaired) electrons. The summed E-state index contributed by atoms with van der Waals surface area (Å²) in [6, 6.07) is 18.2. The van der Waals surface area contributed by atoms with Crippen molar-refractivity contribution in [3.63, 3.8) is 0 Å². The van der Waals surface area contributed by atoms with Gasteiger partial charge in [-0.15, -0.1) is 0 Å². The Bertz CT molecular complexity index is 732. The highest BCUT2D eigenvalue weighted by molar-refractivity contribution is 6.19. The Morgan fingerprint density at radius 1 is 1.00 bits per heavy atom. The van der Waals surface area contributed by atoms with Gasteiger partial charge in [-0.05, 0) is 24.8 Å². The summed E-state index contributed by atoms with van der Waals surface area (Å²) in [6.45, 7) is 1.05. The number of benzodiazepines with no additional fused rings is 1. The number of rotatable bonds is 3. The van der Waals surface area contributed by atoms with Gasteiger partial charge in [0.05, 0.1) is 11.4 Å². The molecule has 1 aliphatic carbocycles. The predicted molar refractivity (Wildman–Crippen MR) is 88.5 cm³/mol. The van der Waals surface area contributed by atoms with Gasteiger partial charge < -0.3 is 4.90 Å². The number of nitrogens with zero attached hydrogens (tertiary/aromatic N) is 2. The van der Waals surface area contributed by atoms with Gasteiger partial charge in [0, 0.05) is 17.7 Å². The third-order valence-electron chi connectivity index (χ3n) is 4.31. The molecule has 2 aromatic carbocycles. The number of para-hydroxylation sites is 1. The van der Waals surface area contributed by atoms with Gasteiger partial charge in [0.2, 0.25) is 5.91 Å². The van der Waals surface area contributed by atoms with Gasteiger partial charge in [0.15, 0.2) is 0 Å². The Morgan fingerprint density at radius 3 is 2.50 bits per heavy atom. The number of hydrogen-bond donors (Lipinski definition) is 0. The monoisotopic (exact) mass is 290 g/mol. The Hall–Kier alpha value is -2.42. The van der Waals surface area contributed by atoms with E-state index in [-0.39, 0.29) is 12.5 Å². The lowest BCUT2D eigenvalue weighted by molar-refractivity contribution is -0.117. The van der Waals surface area contributed by atoms with E-state index in [0.717, 1.165) is 29.1 Å². The van der Waals surface area contributed by atoms with Crippen molar-refractivity contribution in [2.75, 3.05) is 18.0 Å². The van der Waals surface area contributed by atoms with E-state index < -0.39 is 0 Å². The second-order valence-corrected chi connectivity index (χ2v) is 6.00. The highest BCUT2D eigenvalue weighted by Gasteiger charge is 2.30. The molecule has 3 heteroatoms. The second kappa shape index (κ2) is 5.41. The fraction of sp³-hybridized carbons (Fsp3) is 0.263. The molecule has 0 bridgehead atoms. The molecular weight excluding hydrogens is 272 g/mol. The van der Waals surface area contributed by atoms with Gasteiger partial charge in [0.25, 0.3) is 0 Å². The Balaban J connectivity index is 1.81. The molecule has 110 valence electrons. The van der Waals surface area contributed by atoms with Crippen molar-refractivity contribution < 1.29 is 4.79 Å². The maximum absolute atomic E-state index is 12.5. The largest absolute Gasteiger partial charge is 0.310 e. The van der Waals surface area contributed by atoms with E-state index in [1.54, 1.807) is 0 Å². The van der Waals surface area contributed by atoms with Crippen LogP contribution in [0.1, 0.15) is 24.0 Å². The van der Waals surface area contributed by atoms with Crippen molar-refractivity contribution in [1.82, 2.24) is 0 Å². The molecule has 1 aliphatic heterocycles. The standard InChI is InChI=1S/C19H18N2O/c22-18-12-20-19(15-6-2-1-3-7-15)16-8-4-5-9-17(16)21(18)13-14-10-11-14/h1-9,14H,10-13H2. The number of amides is 1. The quantitative estimate of drug-likeness (QED) is 0.854. The van der Waals surface area contributed by atoms with Gasteiger partial charge in [-0.1, -0.05) is 48.5 Å². The Kier molecular flexibility index (Phi) is 3.26. The number of carbonyl (C=O) groups excluding carboxylic acids is 1. The second-order valence-electron chi connectivity index (χ2n) is 6.00. The third-order valence-corrected chi connectivity index (χ3v) is 4.31. The summed E-state index contributed by atoms with van der Waals surface area (Å²) in [7, 11) is 0. The summed E-state index contributed by atoms with van der Waals surface area (Å²) < 4.78 is 0. The van der Waals surface area contributed by atoms with Crippen molar-refractivity contribution >= 4 is 17.3 Å². The number of benzene rings is 2. The minimum atomic E-state index is 0.102. The maximum Gasteiger partial charge on any atom is 0.248 e. The van der Waals surface area contributed by atoms with Crippen molar-refractivity contribution in [3.05, 3.63) is 65.7 Å². The summed E-state index contributed by atoms with van der Waals surface area (Å²) in [5.41, 5.74) is 4.04. The molecule has 1 saturated carbocycles. The minimum Gasteiger partial charge on any atom is -0.310 e. The average Bonchev–Trinajstić information content (AvgIpc) is 3.39. The summed E-state index contributed by atoms with van der Waals surface area (Å²) >= 11 is 0. The summed E-state index contributed by atoms with van der Waals surface area (Å²) in [5, 5.41) is 0. The molecule has 2 aliphatic rings. The van der Waals surface area contributed by atoms with E-state index in [4.69, 9.17) is 0 Å². The van der Waals surface area contributed by atoms with E-state index in [2.05, 4.69) is 23.2 Å². The molecule has 0 spiro atoms. The lowest BCUT2D eigenvalue weighted by atomic mass is 10.00. The molecule has 0 N–H and O–H groups in total. The van der Waals surface area contributed by atoms with Crippen LogP contribution in [0, 0.1) is 5.92 Å². The summed E-state index contributed by atoms with van der Waals surface area (Å²) in [6.07, 6.45) is 2.47. The highest BCUT2D eigenvalue weighted by atomic mass is 16.2. The van der Waals surface area contributed by atoms with E-state index in [1.807, 2.05) is 41.3 Å². The van der Waals surface area contributed by atoms with Crippen molar-refractivity contribution in [2.24, 2.45) is 10.9 Å². The first-order valence-corrected chi connectivity index (χ1v) is 7.82. The molecule has 0 aromatic heterocycles. The van der Waals surface area contributed by atoms with E-state index in [0.29, 0.717) is 5.92 Å². The van der Waals surface area contributed by atoms with Crippen LogP contribution in [-0.4, -0.2) is 24.7 Å². The van der Waals surface area contributed by atoms with Crippen LogP contribution in [0.3, 0.4) is 0 Å². The van der Waals surface area contributed by atoms with Crippen LogP contribution in [-0.2, 0) is 4.79 Å². The Morgan fingerprint density at radius 2 is 1.73 bits per heavy atom. The number of carbonyl (C=O) groups is 1. The van der Waals surface area contributed by atoms with Crippen LogP contribution >= 0.6 is 0 Å². The maximum atomic E-state index is 12.5. The SMILES string of the molecule is O=C1CN=C(c2ccccc2)c2ccccc2N1CC1CC1. The zero-order valence-corrected chi connectivity index (χ0v) is 12.4. The number of aliphatic imine (C=N–C) groups is 1. The molecule has 1 amide bonds. The summed E-state index contributed by atoms with van der Waals surface area (Å²) in [5.74, 6) is 0.764. The molecule has 1 heterocycles. The van der Waals surface area contributed by atoms with Crippen LogP contribution in [0.15, 0.2) is 59.6 Å². The normalized spacial score (nSPS) is 17.7. The molecular formula is C19H18N2O. The van der Waals surface area contributed by atoms with Crippen LogP contribution in [0.2, 0.25) is 0 Å². The van der Waals surface area contributed by atoms with Crippen LogP contribution in [0.25, 0.3) is 0 Å². The van der Waals surface area contributed by atoms with E-state index in [1.165, 1.54) is 12.8 Å². The predicted octanol–water partition coefficient (Wildman–Crippen LogP) is 3.28. The summed E-state index contributed by atoms with van der Waals surface area (Å²) in [4.78, 5) is 19.1. The number of fused-ring (bicyclic) bond motifs is 1. The van der Waals surface area contributed by atoms with E-state index in [9.17, 15) is 4.79 Å². The third kappa shape index (κ3) is 2.43. The highest BCUT2D eigenvalue weighted by Crippen LogP contribution is 2.34. The first-order chi connectivity index (χ1) is 10.8. The molecule has 2 aromatic rings. The first-order valence-electron chi connectivity index (χ1n) is 7.82. The van der Waals surface area contributed by atoms with Gasteiger partial charge in [-0.2, -0.15) is 0 Å². The zero-order chi connectivity index (χ0) is 14.9. The number of anilines is 1. The van der Waals surface area contributed by atoms with E-state index >= 15 is 0 Å².